The highest BCUT2D eigenvalue weighted by molar-refractivity contribution is 7.89. The van der Waals surface area contributed by atoms with Gasteiger partial charge in [-0.1, -0.05) is 29.3 Å². The van der Waals surface area contributed by atoms with Crippen LogP contribution in [-0.2, 0) is 10.0 Å². The highest BCUT2D eigenvalue weighted by Crippen LogP contribution is 2.26. The summed E-state index contributed by atoms with van der Waals surface area (Å²) in [6.45, 7) is 1.85. The number of hydrogen-bond acceptors (Lipinski definition) is 3. The minimum atomic E-state index is -3.75. The van der Waals surface area contributed by atoms with E-state index in [0.29, 0.717) is 10.7 Å². The molecule has 1 amide bonds. The standard InChI is InChI=1S/C16H16Cl2N2O3S/c1-10-4-6-12(9-14(10)18)19-16(21)11-5-7-13(17)15(8-11)24(22,23)20(2)3/h4-9H,1-3H3,(H,19,21). The number of benzene rings is 2. The van der Waals surface area contributed by atoms with Gasteiger partial charge >= 0.3 is 0 Å². The van der Waals surface area contributed by atoms with Gasteiger partial charge < -0.3 is 5.32 Å². The van der Waals surface area contributed by atoms with Gasteiger partial charge in [0.1, 0.15) is 4.90 Å². The second-order valence-electron chi connectivity index (χ2n) is 5.35. The molecule has 1 N–H and O–H groups in total. The van der Waals surface area contributed by atoms with Crippen molar-refractivity contribution in [2.75, 3.05) is 19.4 Å². The lowest BCUT2D eigenvalue weighted by Gasteiger charge is -2.14. The number of nitrogens with one attached hydrogen (secondary N) is 1. The number of rotatable bonds is 4. The summed E-state index contributed by atoms with van der Waals surface area (Å²) in [4.78, 5) is 12.2. The fraction of sp³-hybridized carbons (Fsp3) is 0.188. The molecule has 0 radical (unpaired) electrons. The lowest BCUT2D eigenvalue weighted by molar-refractivity contribution is 0.102. The lowest BCUT2D eigenvalue weighted by atomic mass is 10.2. The second kappa shape index (κ2) is 7.11. The quantitative estimate of drug-likeness (QED) is 0.868. The molecular weight excluding hydrogens is 371 g/mol. The van der Waals surface area contributed by atoms with Gasteiger partial charge in [-0.2, -0.15) is 0 Å². The predicted octanol–water partition coefficient (Wildman–Crippen LogP) is 3.80. The topological polar surface area (TPSA) is 66.5 Å². The Labute approximate surface area is 151 Å². The zero-order valence-corrected chi connectivity index (χ0v) is 15.6. The molecule has 0 aliphatic rings. The molecule has 0 fully saturated rings. The molecule has 0 aliphatic heterocycles. The van der Waals surface area contributed by atoms with E-state index in [9.17, 15) is 13.2 Å². The number of amides is 1. The van der Waals surface area contributed by atoms with Crippen molar-refractivity contribution in [2.24, 2.45) is 0 Å². The van der Waals surface area contributed by atoms with Gasteiger partial charge in [-0.15, -0.1) is 0 Å². The summed E-state index contributed by atoms with van der Waals surface area (Å²) >= 11 is 12.0. The molecule has 128 valence electrons. The summed E-state index contributed by atoms with van der Waals surface area (Å²) in [6.07, 6.45) is 0. The molecule has 2 rings (SSSR count). The molecule has 8 heteroatoms. The van der Waals surface area contributed by atoms with Crippen LogP contribution in [0.1, 0.15) is 15.9 Å². The summed E-state index contributed by atoms with van der Waals surface area (Å²) in [7, 11) is -0.957. The number of carbonyl (C=O) groups excluding carboxylic acids is 1. The molecule has 2 aromatic rings. The van der Waals surface area contributed by atoms with Gasteiger partial charge in [0.25, 0.3) is 5.91 Å². The molecule has 0 spiro atoms. The zero-order chi connectivity index (χ0) is 18.1. The van der Waals surface area contributed by atoms with Gasteiger partial charge in [0.05, 0.1) is 5.02 Å². The normalized spacial score (nSPS) is 11.6. The number of carbonyl (C=O) groups is 1. The van der Waals surface area contributed by atoms with Crippen LogP contribution >= 0.6 is 23.2 Å². The molecule has 0 unspecified atom stereocenters. The van der Waals surface area contributed by atoms with Crippen LogP contribution in [0.5, 0.6) is 0 Å². The van der Waals surface area contributed by atoms with Crippen LogP contribution < -0.4 is 5.32 Å². The molecule has 0 atom stereocenters. The summed E-state index contributed by atoms with van der Waals surface area (Å²) in [5, 5.41) is 3.26. The van der Waals surface area contributed by atoms with Crippen molar-refractivity contribution >= 4 is 44.8 Å². The van der Waals surface area contributed by atoms with Gasteiger partial charge in [-0.25, -0.2) is 12.7 Å². The molecule has 2 aromatic carbocycles. The first-order valence-corrected chi connectivity index (χ1v) is 9.12. The van der Waals surface area contributed by atoms with Crippen LogP contribution in [0.25, 0.3) is 0 Å². The molecule has 0 saturated carbocycles. The van der Waals surface area contributed by atoms with Crippen molar-refractivity contribution in [3.05, 3.63) is 57.6 Å². The van der Waals surface area contributed by atoms with Crippen LogP contribution in [0.4, 0.5) is 5.69 Å². The third-order valence-electron chi connectivity index (χ3n) is 3.38. The molecule has 0 bridgehead atoms. The number of hydrogen-bond donors (Lipinski definition) is 1. The summed E-state index contributed by atoms with van der Waals surface area (Å²) in [5.41, 5.74) is 1.58. The van der Waals surface area contributed by atoms with E-state index in [4.69, 9.17) is 23.2 Å². The lowest BCUT2D eigenvalue weighted by Crippen LogP contribution is -2.23. The van der Waals surface area contributed by atoms with Gasteiger partial charge in [0, 0.05) is 30.4 Å². The maximum Gasteiger partial charge on any atom is 0.255 e. The Morgan fingerprint density at radius 1 is 1.04 bits per heavy atom. The Balaban J connectivity index is 2.35. The Bertz CT molecular complexity index is 896. The van der Waals surface area contributed by atoms with Gasteiger partial charge in [0.2, 0.25) is 10.0 Å². The molecular formula is C16H16Cl2N2O3S. The summed E-state index contributed by atoms with van der Waals surface area (Å²) < 4.78 is 25.6. The third kappa shape index (κ3) is 3.89. The fourth-order valence-electron chi connectivity index (χ4n) is 1.91. The van der Waals surface area contributed by atoms with E-state index in [1.807, 2.05) is 6.92 Å². The van der Waals surface area contributed by atoms with Gasteiger partial charge in [-0.05, 0) is 42.8 Å². The Kier molecular flexibility index (Phi) is 5.55. The van der Waals surface area contributed by atoms with Gasteiger partial charge in [-0.3, -0.25) is 4.79 Å². The van der Waals surface area contributed by atoms with E-state index in [1.54, 1.807) is 18.2 Å². The maximum atomic E-state index is 12.4. The average molecular weight is 387 g/mol. The van der Waals surface area contributed by atoms with Crippen LogP contribution in [0.3, 0.4) is 0 Å². The Morgan fingerprint density at radius 2 is 1.71 bits per heavy atom. The van der Waals surface area contributed by atoms with E-state index in [1.165, 1.54) is 32.3 Å². The third-order valence-corrected chi connectivity index (χ3v) is 6.09. The SMILES string of the molecule is Cc1ccc(NC(=O)c2ccc(Cl)c(S(=O)(=O)N(C)C)c2)cc1Cl. The first-order valence-electron chi connectivity index (χ1n) is 6.92. The average Bonchev–Trinajstić information content (AvgIpc) is 2.51. The fourth-order valence-corrected chi connectivity index (χ4v) is 3.49. The monoisotopic (exact) mass is 386 g/mol. The number of sulfonamides is 1. The van der Waals surface area contributed by atoms with Crippen molar-refractivity contribution < 1.29 is 13.2 Å². The largest absolute Gasteiger partial charge is 0.322 e. The van der Waals surface area contributed by atoms with Crippen molar-refractivity contribution in [3.8, 4) is 0 Å². The van der Waals surface area contributed by atoms with Crippen molar-refractivity contribution in [1.82, 2.24) is 4.31 Å². The second-order valence-corrected chi connectivity index (χ2v) is 8.29. The molecule has 0 saturated heterocycles. The van der Waals surface area contributed by atoms with E-state index in [0.717, 1.165) is 9.87 Å². The van der Waals surface area contributed by atoms with E-state index in [2.05, 4.69) is 5.32 Å². The summed E-state index contributed by atoms with van der Waals surface area (Å²) in [5.74, 6) is -0.457. The highest BCUT2D eigenvalue weighted by Gasteiger charge is 2.22. The van der Waals surface area contributed by atoms with Crippen LogP contribution in [-0.4, -0.2) is 32.7 Å². The number of anilines is 1. The Hall–Kier alpha value is -1.60. The minimum Gasteiger partial charge on any atom is -0.322 e. The number of halogens is 2. The highest BCUT2D eigenvalue weighted by atomic mass is 35.5. The minimum absolute atomic E-state index is 0.0543. The van der Waals surface area contributed by atoms with Crippen molar-refractivity contribution in [2.45, 2.75) is 11.8 Å². The molecule has 5 nitrogen and oxygen atoms in total. The van der Waals surface area contributed by atoms with Crippen molar-refractivity contribution in [3.63, 3.8) is 0 Å². The van der Waals surface area contributed by atoms with Gasteiger partial charge in [0.15, 0.2) is 0 Å². The van der Waals surface area contributed by atoms with Crippen molar-refractivity contribution in [1.29, 1.82) is 0 Å². The first kappa shape index (κ1) is 18.7. The zero-order valence-electron chi connectivity index (χ0n) is 13.3. The number of nitrogens with zero attached hydrogens (tertiary/aromatic N) is 1. The Morgan fingerprint density at radius 3 is 2.29 bits per heavy atom. The van der Waals surface area contributed by atoms with E-state index < -0.39 is 15.9 Å². The maximum absolute atomic E-state index is 12.4. The molecule has 0 aromatic heterocycles. The first-order chi connectivity index (χ1) is 11.1. The number of aryl methyl sites for hydroxylation is 1. The molecule has 0 heterocycles. The van der Waals surface area contributed by atoms with Crippen LogP contribution in [0.15, 0.2) is 41.3 Å². The van der Waals surface area contributed by atoms with Crippen LogP contribution in [0, 0.1) is 6.92 Å². The van der Waals surface area contributed by atoms with E-state index >= 15 is 0 Å². The van der Waals surface area contributed by atoms with Crippen LogP contribution in [0.2, 0.25) is 10.0 Å². The predicted molar refractivity (Wildman–Crippen MR) is 96.5 cm³/mol. The smallest absolute Gasteiger partial charge is 0.255 e. The van der Waals surface area contributed by atoms with E-state index in [-0.39, 0.29) is 15.5 Å². The molecule has 24 heavy (non-hydrogen) atoms. The summed E-state index contributed by atoms with van der Waals surface area (Å²) in [6, 6.07) is 9.22. The molecule has 0 aliphatic carbocycles.